The Bertz CT molecular complexity index is 461. The van der Waals surface area contributed by atoms with E-state index in [0.29, 0.717) is 19.1 Å². The highest BCUT2D eigenvalue weighted by atomic mass is 16.5. The molecular weight excluding hydrogens is 264 g/mol. The largest absolute Gasteiger partial charge is 0.377 e. The van der Waals surface area contributed by atoms with E-state index < -0.39 is 0 Å². The molecule has 2 rings (SSSR count). The Hall–Kier alpha value is -1.39. The lowest BCUT2D eigenvalue weighted by atomic mass is 10.1. The standard InChI is InChI=1S/C17H26N2O2/c1-5-21-13(4)11-19-16(12(2)3)18-15(17(19)20)14-9-7-6-8-10-14/h6-10,12-13,15-16,18H,5,11H2,1-4H3. The maximum atomic E-state index is 12.8. The van der Waals surface area contributed by atoms with Gasteiger partial charge >= 0.3 is 0 Å². The zero-order chi connectivity index (χ0) is 15.4. The van der Waals surface area contributed by atoms with E-state index in [1.165, 1.54) is 0 Å². The minimum atomic E-state index is -0.243. The second-order valence-electron chi connectivity index (χ2n) is 5.96. The Morgan fingerprint density at radius 3 is 2.48 bits per heavy atom. The molecule has 1 fully saturated rings. The molecule has 1 aliphatic rings. The van der Waals surface area contributed by atoms with Crippen molar-refractivity contribution in [1.29, 1.82) is 0 Å². The summed E-state index contributed by atoms with van der Waals surface area (Å²) in [6, 6.07) is 9.68. The van der Waals surface area contributed by atoms with Crippen LogP contribution in [0.2, 0.25) is 0 Å². The Balaban J connectivity index is 2.16. The van der Waals surface area contributed by atoms with Crippen LogP contribution in [0.3, 0.4) is 0 Å². The van der Waals surface area contributed by atoms with Gasteiger partial charge in [-0.15, -0.1) is 0 Å². The third-order valence-corrected chi connectivity index (χ3v) is 3.87. The number of hydrogen-bond acceptors (Lipinski definition) is 3. The van der Waals surface area contributed by atoms with Crippen molar-refractivity contribution >= 4 is 5.91 Å². The van der Waals surface area contributed by atoms with Gasteiger partial charge in [0.2, 0.25) is 5.91 Å². The van der Waals surface area contributed by atoms with Crippen LogP contribution in [0.1, 0.15) is 39.3 Å². The second-order valence-corrected chi connectivity index (χ2v) is 5.96. The van der Waals surface area contributed by atoms with Gasteiger partial charge in [0.25, 0.3) is 0 Å². The van der Waals surface area contributed by atoms with E-state index >= 15 is 0 Å². The molecule has 4 heteroatoms. The van der Waals surface area contributed by atoms with Crippen molar-refractivity contribution < 1.29 is 9.53 Å². The zero-order valence-electron chi connectivity index (χ0n) is 13.4. The summed E-state index contributed by atoms with van der Waals surface area (Å²) in [5.74, 6) is 0.503. The van der Waals surface area contributed by atoms with Gasteiger partial charge in [-0.3, -0.25) is 10.1 Å². The predicted octanol–water partition coefficient (Wildman–Crippen LogP) is 2.57. The van der Waals surface area contributed by atoms with E-state index in [9.17, 15) is 4.79 Å². The molecule has 1 aromatic rings. The minimum absolute atomic E-state index is 0.0523. The highest BCUT2D eigenvalue weighted by Gasteiger charge is 2.41. The first kappa shape index (κ1) is 16.0. The van der Waals surface area contributed by atoms with Crippen LogP contribution in [0, 0.1) is 5.92 Å². The fraction of sp³-hybridized carbons (Fsp3) is 0.588. The Morgan fingerprint density at radius 2 is 1.90 bits per heavy atom. The molecule has 0 bridgehead atoms. The molecule has 4 nitrogen and oxygen atoms in total. The molecule has 1 N–H and O–H groups in total. The third-order valence-electron chi connectivity index (χ3n) is 3.87. The van der Waals surface area contributed by atoms with Gasteiger partial charge in [-0.05, 0) is 25.3 Å². The maximum Gasteiger partial charge on any atom is 0.245 e. The monoisotopic (exact) mass is 290 g/mol. The quantitative estimate of drug-likeness (QED) is 0.875. The average Bonchev–Trinajstić information content (AvgIpc) is 2.78. The van der Waals surface area contributed by atoms with Crippen LogP contribution in [0.25, 0.3) is 0 Å². The Kier molecular flexibility index (Phi) is 5.37. The molecule has 3 atom stereocenters. The maximum absolute atomic E-state index is 12.8. The fourth-order valence-corrected chi connectivity index (χ4v) is 2.89. The predicted molar refractivity (Wildman–Crippen MR) is 83.7 cm³/mol. The van der Waals surface area contributed by atoms with Crippen LogP contribution < -0.4 is 5.32 Å². The molecule has 0 aromatic heterocycles. The minimum Gasteiger partial charge on any atom is -0.377 e. The van der Waals surface area contributed by atoms with Crippen LogP contribution in [0.4, 0.5) is 0 Å². The van der Waals surface area contributed by atoms with Crippen LogP contribution in [0.15, 0.2) is 30.3 Å². The zero-order valence-corrected chi connectivity index (χ0v) is 13.4. The Morgan fingerprint density at radius 1 is 1.24 bits per heavy atom. The number of hydrogen-bond donors (Lipinski definition) is 1. The fourth-order valence-electron chi connectivity index (χ4n) is 2.89. The highest BCUT2D eigenvalue weighted by Crippen LogP contribution is 2.27. The van der Waals surface area contributed by atoms with E-state index in [1.807, 2.05) is 49.1 Å². The van der Waals surface area contributed by atoms with Crippen LogP contribution in [0.5, 0.6) is 0 Å². The summed E-state index contributed by atoms with van der Waals surface area (Å²) in [5.41, 5.74) is 1.03. The van der Waals surface area contributed by atoms with Crippen molar-refractivity contribution in [2.75, 3.05) is 13.2 Å². The molecule has 0 aliphatic carbocycles. The van der Waals surface area contributed by atoms with Crippen LogP contribution >= 0.6 is 0 Å². The van der Waals surface area contributed by atoms with Gasteiger partial charge in [0.05, 0.1) is 12.3 Å². The topological polar surface area (TPSA) is 41.6 Å². The molecule has 3 unspecified atom stereocenters. The molecule has 1 heterocycles. The van der Waals surface area contributed by atoms with Gasteiger partial charge in [-0.1, -0.05) is 44.2 Å². The highest BCUT2D eigenvalue weighted by molar-refractivity contribution is 5.85. The molecule has 21 heavy (non-hydrogen) atoms. The van der Waals surface area contributed by atoms with Crippen molar-refractivity contribution in [3.8, 4) is 0 Å². The number of amides is 1. The van der Waals surface area contributed by atoms with Gasteiger partial charge in [-0.25, -0.2) is 0 Å². The number of nitrogens with one attached hydrogen (secondary N) is 1. The summed E-state index contributed by atoms with van der Waals surface area (Å²) < 4.78 is 5.60. The van der Waals surface area contributed by atoms with Gasteiger partial charge in [0.15, 0.2) is 0 Å². The lowest BCUT2D eigenvalue weighted by Crippen LogP contribution is -2.44. The van der Waals surface area contributed by atoms with Gasteiger partial charge in [-0.2, -0.15) is 0 Å². The van der Waals surface area contributed by atoms with Crippen molar-refractivity contribution in [1.82, 2.24) is 10.2 Å². The van der Waals surface area contributed by atoms with Crippen molar-refractivity contribution in [3.05, 3.63) is 35.9 Å². The van der Waals surface area contributed by atoms with Gasteiger partial charge in [0, 0.05) is 13.2 Å². The summed E-state index contributed by atoms with van der Waals surface area (Å²) in [4.78, 5) is 14.7. The number of nitrogens with zero attached hydrogens (tertiary/aromatic N) is 1. The normalized spacial score (nSPS) is 23.9. The van der Waals surface area contributed by atoms with Crippen molar-refractivity contribution in [3.63, 3.8) is 0 Å². The molecule has 116 valence electrons. The first-order valence-electron chi connectivity index (χ1n) is 7.77. The van der Waals surface area contributed by atoms with Crippen molar-refractivity contribution in [2.45, 2.75) is 46.0 Å². The molecule has 0 spiro atoms. The summed E-state index contributed by atoms with van der Waals surface area (Å²) >= 11 is 0. The molecule has 1 amide bonds. The van der Waals surface area contributed by atoms with Gasteiger partial charge in [0.1, 0.15) is 6.04 Å². The number of carbonyl (C=O) groups excluding carboxylic acids is 1. The average molecular weight is 290 g/mol. The van der Waals surface area contributed by atoms with E-state index in [2.05, 4.69) is 19.2 Å². The van der Waals surface area contributed by atoms with E-state index in [4.69, 9.17) is 4.74 Å². The van der Waals surface area contributed by atoms with E-state index in [1.54, 1.807) is 0 Å². The lowest BCUT2D eigenvalue weighted by molar-refractivity contribution is -0.132. The molecule has 0 saturated carbocycles. The third kappa shape index (κ3) is 3.63. The Labute approximate surface area is 127 Å². The molecular formula is C17H26N2O2. The SMILES string of the molecule is CCOC(C)CN1C(=O)C(c2ccccc2)NC1C(C)C. The number of carbonyl (C=O) groups is 1. The van der Waals surface area contributed by atoms with Crippen LogP contribution in [-0.2, 0) is 9.53 Å². The molecule has 0 radical (unpaired) electrons. The second kappa shape index (κ2) is 7.05. The number of ether oxygens (including phenoxy) is 1. The summed E-state index contributed by atoms with van der Waals surface area (Å²) in [5, 5.41) is 3.47. The molecule has 1 saturated heterocycles. The van der Waals surface area contributed by atoms with Crippen LogP contribution in [-0.4, -0.2) is 36.2 Å². The first-order valence-corrected chi connectivity index (χ1v) is 7.77. The van der Waals surface area contributed by atoms with Crippen molar-refractivity contribution in [2.24, 2.45) is 5.92 Å². The lowest BCUT2D eigenvalue weighted by Gasteiger charge is -2.29. The smallest absolute Gasteiger partial charge is 0.245 e. The summed E-state index contributed by atoms with van der Waals surface area (Å²) in [7, 11) is 0. The summed E-state index contributed by atoms with van der Waals surface area (Å²) in [6.07, 6.45) is 0.113. The van der Waals surface area contributed by atoms with E-state index in [0.717, 1.165) is 5.56 Å². The molecule has 1 aliphatic heterocycles. The van der Waals surface area contributed by atoms with Gasteiger partial charge < -0.3 is 9.64 Å². The van der Waals surface area contributed by atoms with E-state index in [-0.39, 0.29) is 24.2 Å². The first-order chi connectivity index (χ1) is 10.0. The number of benzene rings is 1. The summed E-state index contributed by atoms with van der Waals surface area (Å²) in [6.45, 7) is 9.57. The number of rotatable bonds is 6. The molecule has 1 aromatic carbocycles.